The van der Waals surface area contributed by atoms with Crippen LogP contribution < -0.4 is 0 Å². The first-order valence-corrected chi connectivity index (χ1v) is 5.04. The van der Waals surface area contributed by atoms with Crippen molar-refractivity contribution in [3.05, 3.63) is 58.5 Å². The number of hydrogen-bond acceptors (Lipinski definition) is 2. The van der Waals surface area contributed by atoms with Gasteiger partial charge in [-0.25, -0.2) is 0 Å². The summed E-state index contributed by atoms with van der Waals surface area (Å²) in [4.78, 5) is 0. The molecule has 0 aliphatic rings. The van der Waals surface area contributed by atoms with Crippen LogP contribution in [0.2, 0.25) is 5.02 Å². The maximum Gasteiger partial charge on any atom is 0.139 e. The SMILES string of the molecule is Cc1ccoc1C(O)c1ccc(Cl)cc1. The van der Waals surface area contributed by atoms with Crippen molar-refractivity contribution < 1.29 is 9.52 Å². The van der Waals surface area contributed by atoms with Gasteiger partial charge in [0.05, 0.1) is 6.26 Å². The van der Waals surface area contributed by atoms with Crippen LogP contribution in [0.4, 0.5) is 0 Å². The van der Waals surface area contributed by atoms with E-state index in [9.17, 15) is 5.11 Å². The van der Waals surface area contributed by atoms with Gasteiger partial charge in [-0.3, -0.25) is 0 Å². The molecule has 1 aromatic heterocycles. The van der Waals surface area contributed by atoms with Gasteiger partial charge in [0.25, 0.3) is 0 Å². The summed E-state index contributed by atoms with van der Waals surface area (Å²) < 4.78 is 5.23. The van der Waals surface area contributed by atoms with Gasteiger partial charge in [-0.2, -0.15) is 0 Å². The zero-order chi connectivity index (χ0) is 10.8. The number of rotatable bonds is 2. The van der Waals surface area contributed by atoms with Crippen molar-refractivity contribution in [2.24, 2.45) is 0 Å². The van der Waals surface area contributed by atoms with Gasteiger partial charge in [-0.05, 0) is 36.2 Å². The third-order valence-electron chi connectivity index (χ3n) is 2.34. The smallest absolute Gasteiger partial charge is 0.139 e. The molecule has 0 bridgehead atoms. The van der Waals surface area contributed by atoms with Crippen molar-refractivity contribution in [3.63, 3.8) is 0 Å². The largest absolute Gasteiger partial charge is 0.466 e. The van der Waals surface area contributed by atoms with Crippen LogP contribution in [-0.2, 0) is 0 Å². The summed E-state index contributed by atoms with van der Waals surface area (Å²) in [5, 5.41) is 10.7. The van der Waals surface area contributed by atoms with E-state index in [1.54, 1.807) is 30.5 Å². The summed E-state index contributed by atoms with van der Waals surface area (Å²) in [7, 11) is 0. The second-order valence-electron chi connectivity index (χ2n) is 3.42. The van der Waals surface area contributed by atoms with E-state index in [1.807, 2.05) is 13.0 Å². The van der Waals surface area contributed by atoms with Crippen molar-refractivity contribution in [3.8, 4) is 0 Å². The van der Waals surface area contributed by atoms with Gasteiger partial charge in [-0.1, -0.05) is 23.7 Å². The minimum absolute atomic E-state index is 0.581. The summed E-state index contributed by atoms with van der Waals surface area (Å²) >= 11 is 5.77. The molecule has 0 saturated heterocycles. The van der Waals surface area contributed by atoms with Crippen molar-refractivity contribution in [2.45, 2.75) is 13.0 Å². The molecule has 1 atom stereocenters. The van der Waals surface area contributed by atoms with Crippen LogP contribution in [0.1, 0.15) is 23.0 Å². The molecule has 1 unspecified atom stereocenters. The molecule has 2 aromatic rings. The summed E-state index contributed by atoms with van der Waals surface area (Å²) in [5.41, 5.74) is 1.72. The molecular formula is C12H11ClO2. The first kappa shape index (κ1) is 10.3. The maximum atomic E-state index is 10.0. The van der Waals surface area contributed by atoms with E-state index < -0.39 is 6.10 Å². The molecule has 78 valence electrons. The van der Waals surface area contributed by atoms with Gasteiger partial charge in [0, 0.05) is 5.02 Å². The molecule has 0 amide bonds. The third-order valence-corrected chi connectivity index (χ3v) is 2.59. The number of aliphatic hydroxyl groups excluding tert-OH is 1. The Kier molecular flexibility index (Phi) is 2.80. The average molecular weight is 223 g/mol. The number of aryl methyl sites for hydroxylation is 1. The highest BCUT2D eigenvalue weighted by Crippen LogP contribution is 2.26. The lowest BCUT2D eigenvalue weighted by Gasteiger charge is -2.09. The Labute approximate surface area is 93.1 Å². The van der Waals surface area contributed by atoms with E-state index >= 15 is 0 Å². The molecule has 0 fully saturated rings. The number of aliphatic hydroxyl groups is 1. The fourth-order valence-corrected chi connectivity index (χ4v) is 1.59. The van der Waals surface area contributed by atoms with Crippen molar-refractivity contribution in [1.82, 2.24) is 0 Å². The summed E-state index contributed by atoms with van der Waals surface area (Å²) in [6.45, 7) is 1.90. The van der Waals surface area contributed by atoms with Crippen LogP contribution in [0.15, 0.2) is 41.0 Å². The lowest BCUT2D eigenvalue weighted by atomic mass is 10.1. The molecule has 1 aromatic carbocycles. The standard InChI is InChI=1S/C12H11ClO2/c1-8-6-7-15-12(8)11(14)9-2-4-10(13)5-3-9/h2-7,11,14H,1H3. The normalized spacial score (nSPS) is 12.7. The zero-order valence-corrected chi connectivity index (χ0v) is 9.03. The first-order valence-electron chi connectivity index (χ1n) is 4.66. The van der Waals surface area contributed by atoms with Crippen LogP contribution in [-0.4, -0.2) is 5.11 Å². The average Bonchev–Trinajstić information content (AvgIpc) is 2.65. The van der Waals surface area contributed by atoms with E-state index in [-0.39, 0.29) is 0 Å². The number of furan rings is 1. The van der Waals surface area contributed by atoms with Crippen LogP contribution in [0.25, 0.3) is 0 Å². The zero-order valence-electron chi connectivity index (χ0n) is 8.27. The van der Waals surface area contributed by atoms with Crippen LogP contribution >= 0.6 is 11.6 Å². The van der Waals surface area contributed by atoms with E-state index in [0.29, 0.717) is 10.8 Å². The van der Waals surface area contributed by atoms with E-state index in [1.165, 1.54) is 0 Å². The molecule has 0 radical (unpaired) electrons. The van der Waals surface area contributed by atoms with Crippen LogP contribution in [0, 0.1) is 6.92 Å². The number of benzene rings is 1. The van der Waals surface area contributed by atoms with Gasteiger partial charge in [0.2, 0.25) is 0 Å². The topological polar surface area (TPSA) is 33.4 Å². The molecule has 0 saturated carbocycles. The quantitative estimate of drug-likeness (QED) is 0.846. The number of halogens is 1. The summed E-state index contributed by atoms with van der Waals surface area (Å²) in [5.74, 6) is 0.581. The predicted molar refractivity (Wildman–Crippen MR) is 59.0 cm³/mol. The molecule has 3 heteroatoms. The lowest BCUT2D eigenvalue weighted by molar-refractivity contribution is 0.188. The van der Waals surface area contributed by atoms with Crippen molar-refractivity contribution in [2.75, 3.05) is 0 Å². The second-order valence-corrected chi connectivity index (χ2v) is 3.86. The number of hydrogen-bond donors (Lipinski definition) is 1. The minimum atomic E-state index is -0.725. The van der Waals surface area contributed by atoms with E-state index in [4.69, 9.17) is 16.0 Å². The highest BCUT2D eigenvalue weighted by atomic mass is 35.5. The van der Waals surface area contributed by atoms with Crippen LogP contribution in [0.3, 0.4) is 0 Å². The first-order chi connectivity index (χ1) is 7.18. The Hall–Kier alpha value is -1.25. The van der Waals surface area contributed by atoms with E-state index in [2.05, 4.69) is 0 Å². The Morgan fingerprint density at radius 3 is 2.40 bits per heavy atom. The van der Waals surface area contributed by atoms with Gasteiger partial charge < -0.3 is 9.52 Å². The Morgan fingerprint density at radius 1 is 1.20 bits per heavy atom. The Bertz CT molecular complexity index is 445. The summed E-state index contributed by atoms with van der Waals surface area (Å²) in [6.07, 6.45) is 0.848. The Balaban J connectivity index is 2.32. The van der Waals surface area contributed by atoms with Gasteiger partial charge in [0.1, 0.15) is 11.9 Å². The van der Waals surface area contributed by atoms with Gasteiger partial charge in [0.15, 0.2) is 0 Å². The molecule has 1 heterocycles. The third kappa shape index (κ3) is 2.06. The highest BCUT2D eigenvalue weighted by Gasteiger charge is 2.15. The minimum Gasteiger partial charge on any atom is -0.466 e. The summed E-state index contributed by atoms with van der Waals surface area (Å²) in [6, 6.07) is 8.90. The molecule has 0 spiro atoms. The molecule has 0 aliphatic carbocycles. The fourth-order valence-electron chi connectivity index (χ4n) is 1.46. The highest BCUT2D eigenvalue weighted by molar-refractivity contribution is 6.30. The molecule has 15 heavy (non-hydrogen) atoms. The van der Waals surface area contributed by atoms with Gasteiger partial charge >= 0.3 is 0 Å². The van der Waals surface area contributed by atoms with Crippen LogP contribution in [0.5, 0.6) is 0 Å². The maximum absolute atomic E-state index is 10.0. The monoisotopic (exact) mass is 222 g/mol. The molecular weight excluding hydrogens is 212 g/mol. The molecule has 0 aliphatic heterocycles. The lowest BCUT2D eigenvalue weighted by Crippen LogP contribution is -1.99. The van der Waals surface area contributed by atoms with Crippen molar-refractivity contribution in [1.29, 1.82) is 0 Å². The second kappa shape index (κ2) is 4.09. The predicted octanol–water partition coefficient (Wildman–Crippen LogP) is 3.32. The molecule has 1 N–H and O–H groups in total. The molecule has 2 nitrogen and oxygen atoms in total. The fraction of sp³-hybridized carbons (Fsp3) is 0.167. The van der Waals surface area contributed by atoms with Crippen molar-refractivity contribution >= 4 is 11.6 Å². The van der Waals surface area contributed by atoms with Gasteiger partial charge in [-0.15, -0.1) is 0 Å². The molecule has 2 rings (SSSR count). The Morgan fingerprint density at radius 2 is 1.87 bits per heavy atom. The van der Waals surface area contributed by atoms with E-state index in [0.717, 1.165) is 11.1 Å².